The predicted octanol–water partition coefficient (Wildman–Crippen LogP) is 7.29. The molecule has 48 heavy (non-hydrogen) atoms. The third-order valence-corrected chi connectivity index (χ3v) is 9.15. The number of hydrogen-bond acceptors (Lipinski definition) is 5. The Morgan fingerprint density at radius 3 is 2.67 bits per heavy atom. The minimum atomic E-state index is -0.680. The third-order valence-electron chi connectivity index (χ3n) is 9.15. The van der Waals surface area contributed by atoms with Crippen LogP contribution in [0.5, 0.6) is 5.88 Å². The molecule has 9 nitrogen and oxygen atoms in total. The summed E-state index contributed by atoms with van der Waals surface area (Å²) in [6, 6.07) is 16.3. The van der Waals surface area contributed by atoms with Crippen molar-refractivity contribution in [3.63, 3.8) is 0 Å². The monoisotopic (exact) mass is 654 g/mol. The standard InChI is InChI=1S/C36H33F3N6O3/c1-21-12-22(13-25-19-40-43-33(21)25)8-9-29-18-30(45-20-24-4-2-6-31(39)34(24)42-35(45)46)10-11-44(29)36(47)48-32-7-3-5-28(41-32)16-23-14-26(37)17-27(38)15-23/h2-7,12-15,17,19,29-30H,8-11,16,18,20H2,1H3,(H,40,43)(H,42,46). The van der Waals surface area contributed by atoms with Gasteiger partial charge in [0.1, 0.15) is 17.5 Å². The SMILES string of the molecule is Cc1cc(CCC2CC(N3Cc4cccc(F)c4NC3=O)CCN2C(=O)Oc2cccc(Cc3cc(F)cc(F)c3)n2)cc2cn[nH]c12. The number of urea groups is 1. The van der Waals surface area contributed by atoms with Crippen molar-refractivity contribution in [2.24, 2.45) is 0 Å². The maximum atomic E-state index is 14.4. The lowest BCUT2D eigenvalue weighted by Crippen LogP contribution is -2.55. The summed E-state index contributed by atoms with van der Waals surface area (Å²) >= 11 is 0. The van der Waals surface area contributed by atoms with Crippen LogP contribution >= 0.6 is 0 Å². The first kappa shape index (κ1) is 31.2. The number of amides is 3. The number of para-hydroxylation sites is 1. The Labute approximate surface area is 274 Å². The lowest BCUT2D eigenvalue weighted by Gasteiger charge is -2.44. The molecule has 2 aliphatic heterocycles. The van der Waals surface area contributed by atoms with E-state index in [1.54, 1.807) is 46.3 Å². The van der Waals surface area contributed by atoms with Gasteiger partial charge in [-0.05, 0) is 85.2 Å². The van der Waals surface area contributed by atoms with Crippen LogP contribution in [0, 0.1) is 24.4 Å². The number of fused-ring (bicyclic) bond motifs is 2. The largest absolute Gasteiger partial charge is 0.416 e. The molecule has 246 valence electrons. The molecule has 1 saturated heterocycles. The van der Waals surface area contributed by atoms with Crippen molar-refractivity contribution in [2.45, 2.75) is 57.7 Å². The predicted molar refractivity (Wildman–Crippen MR) is 173 cm³/mol. The van der Waals surface area contributed by atoms with Crippen LogP contribution in [0.25, 0.3) is 10.9 Å². The molecule has 0 radical (unpaired) electrons. The number of hydrogen-bond donors (Lipinski definition) is 2. The molecule has 12 heteroatoms. The van der Waals surface area contributed by atoms with E-state index in [0.29, 0.717) is 49.0 Å². The summed E-state index contributed by atoms with van der Waals surface area (Å²) < 4.78 is 47.6. The number of carbonyl (C=O) groups is 2. The molecule has 7 rings (SSSR count). The van der Waals surface area contributed by atoms with Crippen molar-refractivity contribution in [1.29, 1.82) is 0 Å². The van der Waals surface area contributed by atoms with Gasteiger partial charge in [-0.2, -0.15) is 5.10 Å². The van der Waals surface area contributed by atoms with Crippen LogP contribution in [0.3, 0.4) is 0 Å². The molecule has 3 amide bonds. The van der Waals surface area contributed by atoms with E-state index in [2.05, 4.69) is 32.6 Å². The van der Waals surface area contributed by atoms with Crippen molar-refractivity contribution in [1.82, 2.24) is 25.0 Å². The number of benzene rings is 3. The van der Waals surface area contributed by atoms with E-state index in [-0.39, 0.29) is 42.6 Å². The van der Waals surface area contributed by atoms with Gasteiger partial charge in [-0.25, -0.2) is 27.7 Å². The molecule has 1 fully saturated rings. The quantitative estimate of drug-likeness (QED) is 0.192. The molecule has 0 spiro atoms. The Morgan fingerprint density at radius 2 is 1.83 bits per heavy atom. The zero-order chi connectivity index (χ0) is 33.4. The summed E-state index contributed by atoms with van der Waals surface area (Å²) in [6.07, 6.45) is 3.64. The highest BCUT2D eigenvalue weighted by molar-refractivity contribution is 5.92. The van der Waals surface area contributed by atoms with Gasteiger partial charge in [0, 0.05) is 54.8 Å². The molecule has 0 bridgehead atoms. The number of rotatable bonds is 7. The second-order valence-corrected chi connectivity index (χ2v) is 12.4. The molecule has 3 aromatic carbocycles. The number of aromatic nitrogens is 3. The number of aryl methyl sites for hydroxylation is 2. The molecule has 2 aliphatic rings. The summed E-state index contributed by atoms with van der Waals surface area (Å²) in [4.78, 5) is 34.7. The highest BCUT2D eigenvalue weighted by Gasteiger charge is 2.38. The average molecular weight is 655 g/mol. The summed E-state index contributed by atoms with van der Waals surface area (Å²) in [6.45, 7) is 2.62. The number of nitrogens with zero attached hydrogens (tertiary/aromatic N) is 4. The minimum absolute atomic E-state index is 0.0744. The van der Waals surface area contributed by atoms with Gasteiger partial charge in [-0.15, -0.1) is 0 Å². The first-order chi connectivity index (χ1) is 23.2. The maximum absolute atomic E-state index is 14.4. The van der Waals surface area contributed by atoms with Gasteiger partial charge >= 0.3 is 12.1 Å². The maximum Gasteiger partial charge on any atom is 0.416 e. The molecule has 5 aromatic rings. The van der Waals surface area contributed by atoms with Gasteiger partial charge in [0.25, 0.3) is 0 Å². The Balaban J connectivity index is 1.10. The number of H-pyrrole nitrogens is 1. The van der Waals surface area contributed by atoms with Gasteiger partial charge in [-0.1, -0.05) is 24.3 Å². The number of halogens is 3. The Morgan fingerprint density at radius 1 is 1.02 bits per heavy atom. The van der Waals surface area contributed by atoms with Crippen LogP contribution in [-0.4, -0.2) is 55.7 Å². The van der Waals surface area contributed by atoms with Crippen molar-refractivity contribution >= 4 is 28.7 Å². The molecule has 2 aromatic heterocycles. The second kappa shape index (κ2) is 13.0. The minimum Gasteiger partial charge on any atom is -0.391 e. The lowest BCUT2D eigenvalue weighted by atomic mass is 9.90. The first-order valence-electron chi connectivity index (χ1n) is 15.9. The molecule has 0 aliphatic carbocycles. The summed E-state index contributed by atoms with van der Waals surface area (Å²) in [5.41, 5.74) is 4.94. The highest BCUT2D eigenvalue weighted by Crippen LogP contribution is 2.33. The van der Waals surface area contributed by atoms with Crippen molar-refractivity contribution < 1.29 is 27.5 Å². The smallest absolute Gasteiger partial charge is 0.391 e. The van der Waals surface area contributed by atoms with E-state index >= 15 is 0 Å². The van der Waals surface area contributed by atoms with Crippen LogP contribution in [0.4, 0.5) is 28.4 Å². The molecule has 0 saturated carbocycles. The number of piperidine rings is 1. The zero-order valence-corrected chi connectivity index (χ0v) is 26.2. The van der Waals surface area contributed by atoms with Crippen LogP contribution in [0.2, 0.25) is 0 Å². The lowest BCUT2D eigenvalue weighted by molar-refractivity contribution is 0.0712. The van der Waals surface area contributed by atoms with Crippen LogP contribution in [0.15, 0.2) is 72.9 Å². The van der Waals surface area contributed by atoms with E-state index in [1.165, 1.54) is 18.2 Å². The van der Waals surface area contributed by atoms with Gasteiger partial charge < -0.3 is 19.9 Å². The third kappa shape index (κ3) is 6.55. The van der Waals surface area contributed by atoms with Gasteiger partial charge in [0.2, 0.25) is 5.88 Å². The topological polar surface area (TPSA) is 103 Å². The molecular formula is C36H33F3N6O3. The molecule has 2 N–H and O–H groups in total. The van der Waals surface area contributed by atoms with E-state index in [0.717, 1.165) is 28.1 Å². The number of aromatic amines is 1. The van der Waals surface area contributed by atoms with Crippen LogP contribution < -0.4 is 10.1 Å². The van der Waals surface area contributed by atoms with E-state index in [1.807, 2.05) is 6.92 Å². The van der Waals surface area contributed by atoms with Crippen molar-refractivity contribution in [2.75, 3.05) is 11.9 Å². The van der Waals surface area contributed by atoms with Gasteiger partial charge in [0.05, 0.1) is 17.4 Å². The summed E-state index contributed by atoms with van der Waals surface area (Å²) in [7, 11) is 0. The zero-order valence-electron chi connectivity index (χ0n) is 26.2. The molecule has 2 atom stereocenters. The molecular weight excluding hydrogens is 621 g/mol. The second-order valence-electron chi connectivity index (χ2n) is 12.4. The van der Waals surface area contributed by atoms with E-state index in [9.17, 15) is 22.8 Å². The average Bonchev–Trinajstić information content (AvgIpc) is 3.53. The molecule has 4 heterocycles. The number of nitrogens with one attached hydrogen (secondary N) is 2. The van der Waals surface area contributed by atoms with Crippen molar-refractivity contribution in [3.05, 3.63) is 118 Å². The fourth-order valence-electron chi connectivity index (χ4n) is 6.87. The number of ether oxygens (including phenoxy) is 1. The molecule has 2 unspecified atom stereocenters. The fraction of sp³-hybridized carbons (Fsp3) is 0.278. The Kier molecular flexibility index (Phi) is 8.47. The number of pyridine rings is 1. The van der Waals surface area contributed by atoms with Gasteiger partial charge in [-0.3, -0.25) is 5.10 Å². The van der Waals surface area contributed by atoms with Gasteiger partial charge in [0.15, 0.2) is 0 Å². The van der Waals surface area contributed by atoms with Crippen LogP contribution in [-0.2, 0) is 19.4 Å². The normalized spacial score (nSPS) is 17.7. The summed E-state index contributed by atoms with van der Waals surface area (Å²) in [5.74, 6) is -1.76. The first-order valence-corrected chi connectivity index (χ1v) is 15.9. The highest BCUT2D eigenvalue weighted by atomic mass is 19.1. The Hall–Kier alpha value is -5.39. The number of carbonyl (C=O) groups excluding carboxylic acids is 2. The van der Waals surface area contributed by atoms with E-state index < -0.39 is 23.5 Å². The Bertz CT molecular complexity index is 2000. The van der Waals surface area contributed by atoms with Crippen LogP contribution in [0.1, 0.15) is 47.2 Å². The number of likely N-dealkylation sites (tertiary alicyclic amines) is 1. The van der Waals surface area contributed by atoms with E-state index in [4.69, 9.17) is 4.74 Å². The van der Waals surface area contributed by atoms with Crippen molar-refractivity contribution in [3.8, 4) is 5.88 Å². The number of anilines is 1. The summed E-state index contributed by atoms with van der Waals surface area (Å²) in [5, 5.41) is 10.9. The fourth-order valence-corrected chi connectivity index (χ4v) is 6.87.